The molecular formula is C16H23BrN2O. The topological polar surface area (TPSA) is 24.5 Å². The summed E-state index contributed by atoms with van der Waals surface area (Å²) in [6, 6.07) is 6.74. The predicted octanol–water partition coefficient (Wildman–Crippen LogP) is 3.35. The highest BCUT2D eigenvalue weighted by Crippen LogP contribution is 2.33. The van der Waals surface area contributed by atoms with Gasteiger partial charge in [-0.2, -0.15) is 0 Å². The first-order chi connectivity index (χ1) is 9.83. The number of fused-ring (bicyclic) bond motifs is 1. The third-order valence-corrected chi connectivity index (χ3v) is 4.75. The van der Waals surface area contributed by atoms with Crippen molar-refractivity contribution in [2.75, 3.05) is 32.8 Å². The standard InChI is InChI=1S/C16H23BrN2O/c17-13-4-5-16-14(12-13)15(6-11-20-16)18-7-3-10-19-8-1-2-9-19/h4-5,12,15,18H,1-3,6-11H2. The van der Waals surface area contributed by atoms with Crippen LogP contribution in [0.4, 0.5) is 0 Å². The van der Waals surface area contributed by atoms with Gasteiger partial charge < -0.3 is 15.0 Å². The zero-order valence-corrected chi connectivity index (χ0v) is 13.5. The minimum atomic E-state index is 0.440. The molecule has 1 aromatic carbocycles. The summed E-state index contributed by atoms with van der Waals surface area (Å²) in [5, 5.41) is 3.70. The molecule has 4 heteroatoms. The van der Waals surface area contributed by atoms with Gasteiger partial charge in [0.15, 0.2) is 0 Å². The Labute approximate surface area is 129 Å². The number of ether oxygens (including phenoxy) is 1. The first-order valence-corrected chi connectivity index (χ1v) is 8.50. The molecule has 1 atom stereocenters. The first kappa shape index (κ1) is 14.4. The fraction of sp³-hybridized carbons (Fsp3) is 0.625. The summed E-state index contributed by atoms with van der Waals surface area (Å²) in [6.07, 6.45) is 5.07. The van der Waals surface area contributed by atoms with E-state index in [9.17, 15) is 0 Å². The van der Waals surface area contributed by atoms with E-state index in [4.69, 9.17) is 4.74 Å². The van der Waals surface area contributed by atoms with Crippen LogP contribution in [0.1, 0.15) is 37.3 Å². The minimum absolute atomic E-state index is 0.440. The average Bonchev–Trinajstić information content (AvgIpc) is 2.97. The lowest BCUT2D eigenvalue weighted by Gasteiger charge is -2.27. The molecule has 1 saturated heterocycles. The molecule has 0 bridgehead atoms. The van der Waals surface area contributed by atoms with Crippen molar-refractivity contribution in [2.24, 2.45) is 0 Å². The van der Waals surface area contributed by atoms with Crippen LogP contribution in [0.15, 0.2) is 22.7 Å². The van der Waals surface area contributed by atoms with Gasteiger partial charge in [0.2, 0.25) is 0 Å². The summed E-state index contributed by atoms with van der Waals surface area (Å²) in [5.74, 6) is 1.04. The molecule has 1 unspecified atom stereocenters. The number of halogens is 1. The number of nitrogens with one attached hydrogen (secondary N) is 1. The van der Waals surface area contributed by atoms with Crippen LogP contribution < -0.4 is 10.1 Å². The van der Waals surface area contributed by atoms with Crippen LogP contribution in [0.25, 0.3) is 0 Å². The van der Waals surface area contributed by atoms with Crippen molar-refractivity contribution >= 4 is 15.9 Å². The molecule has 3 rings (SSSR count). The number of nitrogens with zero attached hydrogens (tertiary/aromatic N) is 1. The molecular weight excluding hydrogens is 316 g/mol. The smallest absolute Gasteiger partial charge is 0.124 e. The quantitative estimate of drug-likeness (QED) is 0.833. The van der Waals surface area contributed by atoms with Gasteiger partial charge in [-0.25, -0.2) is 0 Å². The summed E-state index contributed by atoms with van der Waals surface area (Å²) in [6.45, 7) is 5.74. The van der Waals surface area contributed by atoms with Gasteiger partial charge in [-0.15, -0.1) is 0 Å². The first-order valence-electron chi connectivity index (χ1n) is 7.71. The summed E-state index contributed by atoms with van der Waals surface area (Å²) >= 11 is 3.55. The molecule has 1 N–H and O–H groups in total. The van der Waals surface area contributed by atoms with E-state index in [0.717, 1.165) is 29.8 Å². The maximum Gasteiger partial charge on any atom is 0.124 e. The van der Waals surface area contributed by atoms with Crippen molar-refractivity contribution < 1.29 is 4.74 Å². The van der Waals surface area contributed by atoms with E-state index in [-0.39, 0.29) is 0 Å². The van der Waals surface area contributed by atoms with Crippen molar-refractivity contribution in [1.82, 2.24) is 10.2 Å². The van der Waals surface area contributed by atoms with Gasteiger partial charge >= 0.3 is 0 Å². The van der Waals surface area contributed by atoms with Crippen LogP contribution in [-0.4, -0.2) is 37.7 Å². The molecule has 1 fully saturated rings. The van der Waals surface area contributed by atoms with Gasteiger partial charge in [-0.3, -0.25) is 0 Å². The molecule has 110 valence electrons. The molecule has 0 amide bonds. The lowest BCUT2D eigenvalue weighted by molar-refractivity contribution is 0.250. The second-order valence-electron chi connectivity index (χ2n) is 5.73. The molecule has 0 aliphatic carbocycles. The molecule has 0 saturated carbocycles. The Hall–Kier alpha value is -0.580. The Morgan fingerprint density at radius 3 is 3.00 bits per heavy atom. The summed E-state index contributed by atoms with van der Waals surface area (Å²) in [7, 11) is 0. The fourth-order valence-electron chi connectivity index (χ4n) is 3.16. The number of hydrogen-bond acceptors (Lipinski definition) is 3. The van der Waals surface area contributed by atoms with Crippen molar-refractivity contribution in [2.45, 2.75) is 31.7 Å². The Morgan fingerprint density at radius 1 is 1.30 bits per heavy atom. The zero-order valence-electron chi connectivity index (χ0n) is 11.9. The molecule has 1 aromatic rings. The van der Waals surface area contributed by atoms with Crippen molar-refractivity contribution in [1.29, 1.82) is 0 Å². The van der Waals surface area contributed by atoms with Gasteiger partial charge in [0.05, 0.1) is 6.61 Å². The van der Waals surface area contributed by atoms with Crippen LogP contribution in [-0.2, 0) is 0 Å². The Bertz CT molecular complexity index is 446. The van der Waals surface area contributed by atoms with E-state index >= 15 is 0 Å². The highest BCUT2D eigenvalue weighted by atomic mass is 79.9. The van der Waals surface area contributed by atoms with E-state index in [1.165, 1.54) is 44.5 Å². The second-order valence-corrected chi connectivity index (χ2v) is 6.64. The van der Waals surface area contributed by atoms with E-state index in [2.05, 4.69) is 44.3 Å². The average molecular weight is 339 g/mol. The number of hydrogen-bond donors (Lipinski definition) is 1. The molecule has 2 aliphatic rings. The maximum absolute atomic E-state index is 5.73. The zero-order chi connectivity index (χ0) is 13.8. The molecule has 3 nitrogen and oxygen atoms in total. The summed E-state index contributed by atoms with van der Waals surface area (Å²) < 4.78 is 6.86. The van der Waals surface area contributed by atoms with Crippen LogP contribution in [0.2, 0.25) is 0 Å². The van der Waals surface area contributed by atoms with E-state index in [1.807, 2.05) is 0 Å². The van der Waals surface area contributed by atoms with Crippen molar-refractivity contribution in [3.63, 3.8) is 0 Å². The highest BCUT2D eigenvalue weighted by Gasteiger charge is 2.21. The Balaban J connectivity index is 1.49. The normalized spacial score (nSPS) is 22.6. The summed E-state index contributed by atoms with van der Waals surface area (Å²) in [5.41, 5.74) is 1.30. The van der Waals surface area contributed by atoms with Crippen LogP contribution >= 0.6 is 15.9 Å². The van der Waals surface area contributed by atoms with Gasteiger partial charge in [0.1, 0.15) is 5.75 Å². The number of likely N-dealkylation sites (tertiary alicyclic amines) is 1. The van der Waals surface area contributed by atoms with Crippen LogP contribution in [0, 0.1) is 0 Å². The van der Waals surface area contributed by atoms with E-state index in [1.54, 1.807) is 0 Å². The third-order valence-electron chi connectivity index (χ3n) is 4.25. The largest absolute Gasteiger partial charge is 0.493 e. The minimum Gasteiger partial charge on any atom is -0.493 e. The number of benzene rings is 1. The Morgan fingerprint density at radius 2 is 2.15 bits per heavy atom. The molecule has 2 aliphatic heterocycles. The summed E-state index contributed by atoms with van der Waals surface area (Å²) in [4.78, 5) is 2.58. The molecule has 0 spiro atoms. The van der Waals surface area contributed by atoms with Gasteiger partial charge in [-0.1, -0.05) is 15.9 Å². The molecule has 0 aromatic heterocycles. The van der Waals surface area contributed by atoms with Crippen LogP contribution in [0.3, 0.4) is 0 Å². The lowest BCUT2D eigenvalue weighted by atomic mass is 10.0. The molecule has 20 heavy (non-hydrogen) atoms. The predicted molar refractivity (Wildman–Crippen MR) is 85.3 cm³/mol. The monoisotopic (exact) mass is 338 g/mol. The van der Waals surface area contributed by atoms with E-state index in [0.29, 0.717) is 6.04 Å². The number of rotatable bonds is 5. The van der Waals surface area contributed by atoms with Gasteiger partial charge in [0.25, 0.3) is 0 Å². The Kier molecular flexibility index (Phi) is 4.97. The second kappa shape index (κ2) is 6.92. The maximum atomic E-state index is 5.73. The van der Waals surface area contributed by atoms with Gasteiger partial charge in [0, 0.05) is 22.5 Å². The third kappa shape index (κ3) is 3.54. The van der Waals surface area contributed by atoms with E-state index < -0.39 is 0 Å². The fourth-order valence-corrected chi connectivity index (χ4v) is 3.54. The lowest BCUT2D eigenvalue weighted by Crippen LogP contribution is -2.30. The van der Waals surface area contributed by atoms with Crippen molar-refractivity contribution in [3.05, 3.63) is 28.2 Å². The molecule has 2 heterocycles. The molecule has 0 radical (unpaired) electrons. The SMILES string of the molecule is Brc1ccc2c(c1)C(NCCCN1CCCC1)CCO2. The van der Waals surface area contributed by atoms with Crippen LogP contribution in [0.5, 0.6) is 5.75 Å². The van der Waals surface area contributed by atoms with Crippen molar-refractivity contribution in [3.8, 4) is 5.75 Å². The highest BCUT2D eigenvalue weighted by molar-refractivity contribution is 9.10. The van der Waals surface area contributed by atoms with Gasteiger partial charge in [-0.05, 0) is 63.6 Å².